The lowest BCUT2D eigenvalue weighted by molar-refractivity contribution is 0.0806. The largest absolute Gasteiger partial charge is 0.392 e. The maximum atomic E-state index is 9.56. The molecule has 0 bridgehead atoms. The molecule has 1 atom stereocenters. The summed E-state index contributed by atoms with van der Waals surface area (Å²) < 4.78 is 5.05. The molecule has 0 amide bonds. The fourth-order valence-corrected chi connectivity index (χ4v) is 1.42. The van der Waals surface area contributed by atoms with Crippen LogP contribution in [0.5, 0.6) is 0 Å². The maximum Gasteiger partial charge on any atom is 0.0664 e. The van der Waals surface area contributed by atoms with E-state index in [1.54, 1.807) is 7.11 Å². The van der Waals surface area contributed by atoms with Gasteiger partial charge in [-0.3, -0.25) is 4.90 Å². The first kappa shape index (κ1) is 13.9. The molecule has 0 spiro atoms. The molecule has 0 saturated heterocycles. The zero-order valence-electron chi connectivity index (χ0n) is 9.99. The fourth-order valence-electron chi connectivity index (χ4n) is 1.42. The summed E-state index contributed by atoms with van der Waals surface area (Å²) in [5.74, 6) is 0.635. The van der Waals surface area contributed by atoms with Gasteiger partial charge in [0.1, 0.15) is 0 Å². The zero-order valence-corrected chi connectivity index (χ0v) is 9.99. The van der Waals surface area contributed by atoms with Gasteiger partial charge in [-0.2, -0.15) is 0 Å². The van der Waals surface area contributed by atoms with Crippen molar-refractivity contribution in [3.63, 3.8) is 0 Å². The first-order valence-corrected chi connectivity index (χ1v) is 5.49. The SMILES string of the molecule is CCC(O)CN(CCOC)CC(C)C. The summed E-state index contributed by atoms with van der Waals surface area (Å²) in [4.78, 5) is 2.27. The Kier molecular flexibility index (Phi) is 8.14. The third-order valence-electron chi connectivity index (χ3n) is 2.18. The standard InChI is InChI=1S/C11H25NO2/c1-5-11(13)9-12(6-7-14-4)8-10(2)3/h10-11,13H,5-9H2,1-4H3. The van der Waals surface area contributed by atoms with Gasteiger partial charge < -0.3 is 9.84 Å². The molecule has 3 nitrogen and oxygen atoms in total. The molecular formula is C11H25NO2. The molecule has 14 heavy (non-hydrogen) atoms. The van der Waals surface area contributed by atoms with Crippen molar-refractivity contribution in [3.05, 3.63) is 0 Å². The maximum absolute atomic E-state index is 9.56. The van der Waals surface area contributed by atoms with Gasteiger partial charge in [0.15, 0.2) is 0 Å². The number of aliphatic hydroxyl groups excluding tert-OH is 1. The Labute approximate surface area is 88.1 Å². The van der Waals surface area contributed by atoms with E-state index in [4.69, 9.17) is 4.74 Å². The van der Waals surface area contributed by atoms with Crippen LogP contribution in [0.4, 0.5) is 0 Å². The molecule has 0 aliphatic heterocycles. The second kappa shape index (κ2) is 8.21. The Morgan fingerprint density at radius 1 is 1.29 bits per heavy atom. The van der Waals surface area contributed by atoms with Gasteiger partial charge >= 0.3 is 0 Å². The van der Waals surface area contributed by atoms with Crippen molar-refractivity contribution in [1.82, 2.24) is 4.90 Å². The lowest BCUT2D eigenvalue weighted by Crippen LogP contribution is -2.37. The number of ether oxygens (including phenoxy) is 1. The second-order valence-electron chi connectivity index (χ2n) is 4.21. The van der Waals surface area contributed by atoms with E-state index in [0.29, 0.717) is 5.92 Å². The van der Waals surface area contributed by atoms with E-state index in [2.05, 4.69) is 18.7 Å². The quantitative estimate of drug-likeness (QED) is 0.646. The summed E-state index contributed by atoms with van der Waals surface area (Å²) in [6.45, 7) is 9.83. The second-order valence-corrected chi connectivity index (χ2v) is 4.21. The minimum Gasteiger partial charge on any atom is -0.392 e. The van der Waals surface area contributed by atoms with Gasteiger partial charge in [-0.05, 0) is 12.3 Å². The van der Waals surface area contributed by atoms with Crippen LogP contribution >= 0.6 is 0 Å². The molecular weight excluding hydrogens is 178 g/mol. The summed E-state index contributed by atoms with van der Waals surface area (Å²) in [5.41, 5.74) is 0. The van der Waals surface area contributed by atoms with Crippen LogP contribution in [0.25, 0.3) is 0 Å². The Bertz CT molecular complexity index is 128. The predicted molar refractivity (Wildman–Crippen MR) is 59.5 cm³/mol. The van der Waals surface area contributed by atoms with Gasteiger partial charge in [-0.25, -0.2) is 0 Å². The molecule has 86 valence electrons. The normalized spacial score (nSPS) is 13.9. The highest BCUT2D eigenvalue weighted by molar-refractivity contribution is 4.64. The lowest BCUT2D eigenvalue weighted by Gasteiger charge is -2.25. The number of hydrogen-bond donors (Lipinski definition) is 1. The van der Waals surface area contributed by atoms with E-state index < -0.39 is 0 Å². The van der Waals surface area contributed by atoms with Crippen molar-refractivity contribution in [2.45, 2.75) is 33.3 Å². The first-order valence-electron chi connectivity index (χ1n) is 5.49. The Morgan fingerprint density at radius 3 is 2.36 bits per heavy atom. The molecule has 3 heteroatoms. The summed E-state index contributed by atoms with van der Waals surface area (Å²) in [6, 6.07) is 0. The van der Waals surface area contributed by atoms with E-state index in [1.165, 1.54) is 0 Å². The number of rotatable bonds is 8. The molecule has 0 aromatic rings. The third-order valence-corrected chi connectivity index (χ3v) is 2.18. The predicted octanol–water partition coefficient (Wildman–Crippen LogP) is 1.36. The topological polar surface area (TPSA) is 32.7 Å². The van der Waals surface area contributed by atoms with Crippen molar-refractivity contribution in [2.75, 3.05) is 33.4 Å². The highest BCUT2D eigenvalue weighted by Gasteiger charge is 2.11. The third kappa shape index (κ3) is 7.30. The molecule has 0 aromatic heterocycles. The van der Waals surface area contributed by atoms with Crippen molar-refractivity contribution >= 4 is 0 Å². The van der Waals surface area contributed by atoms with Gasteiger partial charge in [0.05, 0.1) is 12.7 Å². The van der Waals surface area contributed by atoms with Gasteiger partial charge in [-0.15, -0.1) is 0 Å². The van der Waals surface area contributed by atoms with Crippen LogP contribution in [0.3, 0.4) is 0 Å². The number of methoxy groups -OCH3 is 1. The van der Waals surface area contributed by atoms with Gasteiger partial charge in [0.25, 0.3) is 0 Å². The molecule has 0 aliphatic carbocycles. The van der Waals surface area contributed by atoms with Crippen LogP contribution < -0.4 is 0 Å². The lowest BCUT2D eigenvalue weighted by atomic mass is 10.2. The molecule has 1 N–H and O–H groups in total. The Hall–Kier alpha value is -0.120. The number of nitrogens with zero attached hydrogens (tertiary/aromatic N) is 1. The molecule has 0 fully saturated rings. The number of hydrogen-bond acceptors (Lipinski definition) is 3. The average molecular weight is 203 g/mol. The smallest absolute Gasteiger partial charge is 0.0664 e. The Balaban J connectivity index is 3.83. The van der Waals surface area contributed by atoms with Gasteiger partial charge in [0, 0.05) is 26.7 Å². The van der Waals surface area contributed by atoms with E-state index in [9.17, 15) is 5.11 Å². The van der Waals surface area contributed by atoms with Crippen molar-refractivity contribution in [3.8, 4) is 0 Å². The molecule has 0 heterocycles. The van der Waals surface area contributed by atoms with Gasteiger partial charge in [-0.1, -0.05) is 20.8 Å². The van der Waals surface area contributed by atoms with Crippen molar-refractivity contribution in [1.29, 1.82) is 0 Å². The highest BCUT2D eigenvalue weighted by atomic mass is 16.5. The van der Waals surface area contributed by atoms with Crippen LogP contribution in [0, 0.1) is 5.92 Å². The molecule has 0 aromatic carbocycles. The summed E-state index contributed by atoms with van der Waals surface area (Å²) in [5, 5.41) is 9.56. The fraction of sp³-hybridized carbons (Fsp3) is 1.00. The summed E-state index contributed by atoms with van der Waals surface area (Å²) in [6.07, 6.45) is 0.618. The Morgan fingerprint density at radius 2 is 1.93 bits per heavy atom. The monoisotopic (exact) mass is 203 g/mol. The van der Waals surface area contributed by atoms with Crippen LogP contribution in [-0.4, -0.2) is 49.5 Å². The van der Waals surface area contributed by atoms with Gasteiger partial charge in [0.2, 0.25) is 0 Å². The first-order chi connectivity index (χ1) is 6.60. The minimum absolute atomic E-state index is 0.203. The van der Waals surface area contributed by atoms with Crippen LogP contribution in [0.1, 0.15) is 27.2 Å². The van der Waals surface area contributed by atoms with E-state index in [0.717, 1.165) is 32.7 Å². The van der Waals surface area contributed by atoms with Crippen molar-refractivity contribution in [2.24, 2.45) is 5.92 Å². The van der Waals surface area contributed by atoms with Crippen LogP contribution in [0.15, 0.2) is 0 Å². The summed E-state index contributed by atoms with van der Waals surface area (Å²) >= 11 is 0. The summed E-state index contributed by atoms with van der Waals surface area (Å²) in [7, 11) is 1.71. The average Bonchev–Trinajstić information content (AvgIpc) is 2.13. The molecule has 0 aliphatic rings. The molecule has 0 radical (unpaired) electrons. The van der Waals surface area contributed by atoms with Crippen LogP contribution in [-0.2, 0) is 4.74 Å². The van der Waals surface area contributed by atoms with E-state index >= 15 is 0 Å². The van der Waals surface area contributed by atoms with E-state index in [-0.39, 0.29) is 6.10 Å². The zero-order chi connectivity index (χ0) is 11.0. The number of aliphatic hydroxyl groups is 1. The highest BCUT2D eigenvalue weighted by Crippen LogP contribution is 2.01. The van der Waals surface area contributed by atoms with Crippen molar-refractivity contribution < 1.29 is 9.84 Å². The molecule has 0 saturated carbocycles. The molecule has 0 rings (SSSR count). The van der Waals surface area contributed by atoms with Crippen LogP contribution in [0.2, 0.25) is 0 Å². The minimum atomic E-state index is -0.203. The molecule has 1 unspecified atom stereocenters. The van der Waals surface area contributed by atoms with E-state index in [1.807, 2.05) is 6.92 Å².